The monoisotopic (exact) mass is 451 g/mol. The number of aromatic nitrogens is 1. The Labute approximate surface area is 191 Å². The van der Waals surface area contributed by atoms with Crippen molar-refractivity contribution in [3.63, 3.8) is 0 Å². The van der Waals surface area contributed by atoms with Crippen molar-refractivity contribution in [2.75, 3.05) is 28.4 Å². The number of benzene rings is 2. The van der Waals surface area contributed by atoms with Crippen LogP contribution in [0.4, 0.5) is 0 Å². The van der Waals surface area contributed by atoms with Gasteiger partial charge in [-0.15, -0.1) is 11.3 Å². The van der Waals surface area contributed by atoms with E-state index in [1.165, 1.54) is 17.4 Å². The van der Waals surface area contributed by atoms with Crippen molar-refractivity contribution in [1.82, 2.24) is 4.98 Å². The van der Waals surface area contributed by atoms with Gasteiger partial charge < -0.3 is 18.9 Å². The molecule has 1 aromatic heterocycles. The van der Waals surface area contributed by atoms with Crippen LogP contribution in [0.15, 0.2) is 42.5 Å². The predicted molar refractivity (Wildman–Crippen MR) is 128 cm³/mol. The summed E-state index contributed by atoms with van der Waals surface area (Å²) in [7, 11) is 6.35. The van der Waals surface area contributed by atoms with Crippen LogP contribution >= 0.6 is 11.3 Å². The van der Waals surface area contributed by atoms with Gasteiger partial charge in [-0.3, -0.25) is 4.79 Å². The number of ketones is 1. The molecule has 7 heteroatoms. The quantitative estimate of drug-likeness (QED) is 0.314. The van der Waals surface area contributed by atoms with Crippen LogP contribution in [0.2, 0.25) is 0 Å². The highest BCUT2D eigenvalue weighted by atomic mass is 32.1. The van der Waals surface area contributed by atoms with Gasteiger partial charge >= 0.3 is 0 Å². The molecular weight excluding hydrogens is 426 g/mol. The maximum Gasteiger partial charge on any atom is 0.197 e. The Morgan fingerprint density at radius 3 is 1.91 bits per heavy atom. The molecule has 166 valence electrons. The predicted octanol–water partition coefficient (Wildman–Crippen LogP) is 5.55. The summed E-state index contributed by atoms with van der Waals surface area (Å²) in [4.78, 5) is 17.9. The molecule has 0 saturated heterocycles. The highest BCUT2D eigenvalue weighted by molar-refractivity contribution is 7.14. The van der Waals surface area contributed by atoms with Gasteiger partial charge in [0.15, 0.2) is 28.8 Å². The second-order valence-electron chi connectivity index (χ2n) is 6.66. The number of thiazole rings is 1. The van der Waals surface area contributed by atoms with Crippen LogP contribution in [0, 0.1) is 6.92 Å². The van der Waals surface area contributed by atoms with Crippen molar-refractivity contribution in [3.05, 3.63) is 69.2 Å². The first kappa shape index (κ1) is 23.1. The lowest BCUT2D eigenvalue weighted by Gasteiger charge is -2.09. The molecule has 1 heterocycles. The molecule has 3 rings (SSSR count). The van der Waals surface area contributed by atoms with Crippen LogP contribution in [0.25, 0.3) is 18.2 Å². The summed E-state index contributed by atoms with van der Waals surface area (Å²) in [6.45, 7) is 1.83. The molecule has 0 radical (unpaired) electrons. The van der Waals surface area contributed by atoms with E-state index in [0.29, 0.717) is 33.6 Å². The molecule has 0 amide bonds. The number of para-hydroxylation sites is 2. The summed E-state index contributed by atoms with van der Waals surface area (Å²) in [5, 5.41) is 0.725. The topological polar surface area (TPSA) is 66.9 Å². The van der Waals surface area contributed by atoms with Crippen molar-refractivity contribution in [2.24, 2.45) is 0 Å². The number of carbonyl (C=O) groups excluding carboxylic acids is 1. The third-order valence-corrected chi connectivity index (χ3v) is 5.86. The number of rotatable bonds is 9. The third kappa shape index (κ3) is 5.00. The molecule has 0 N–H and O–H groups in total. The van der Waals surface area contributed by atoms with Crippen molar-refractivity contribution >= 4 is 35.3 Å². The number of allylic oxidation sites excluding steroid dienone is 1. The van der Waals surface area contributed by atoms with Gasteiger partial charge in [0.25, 0.3) is 0 Å². The van der Waals surface area contributed by atoms with Crippen LogP contribution in [-0.2, 0) is 0 Å². The number of methoxy groups -OCH3 is 4. The third-order valence-electron chi connectivity index (χ3n) is 4.72. The van der Waals surface area contributed by atoms with Crippen LogP contribution in [-0.4, -0.2) is 39.2 Å². The SMILES string of the molecule is COc1cccc(/C=C\C(=O)c2sc(/C=C/c3cccc(OC)c3OC)nc2C)c1OC. The fourth-order valence-electron chi connectivity index (χ4n) is 3.21. The molecule has 6 nitrogen and oxygen atoms in total. The Hall–Kier alpha value is -3.58. The maximum absolute atomic E-state index is 12.8. The summed E-state index contributed by atoms with van der Waals surface area (Å²) in [6, 6.07) is 11.2. The molecule has 2 aromatic carbocycles. The van der Waals surface area contributed by atoms with E-state index in [0.717, 1.165) is 16.1 Å². The molecule has 3 aromatic rings. The molecule has 0 aliphatic heterocycles. The summed E-state index contributed by atoms with van der Waals surface area (Å²) in [5.41, 5.74) is 2.30. The van der Waals surface area contributed by atoms with E-state index < -0.39 is 0 Å². The van der Waals surface area contributed by atoms with Gasteiger partial charge in [-0.25, -0.2) is 4.98 Å². The second kappa shape index (κ2) is 10.6. The molecule has 0 atom stereocenters. The van der Waals surface area contributed by atoms with E-state index in [1.54, 1.807) is 40.6 Å². The van der Waals surface area contributed by atoms with Crippen molar-refractivity contribution < 1.29 is 23.7 Å². The zero-order chi connectivity index (χ0) is 23.1. The average Bonchev–Trinajstić information content (AvgIpc) is 3.20. The zero-order valence-electron chi connectivity index (χ0n) is 18.7. The Bertz CT molecular complexity index is 1160. The van der Waals surface area contributed by atoms with E-state index in [4.69, 9.17) is 18.9 Å². The minimum absolute atomic E-state index is 0.122. The number of hydrogen-bond donors (Lipinski definition) is 0. The first-order chi connectivity index (χ1) is 15.5. The van der Waals surface area contributed by atoms with E-state index in [9.17, 15) is 4.79 Å². The molecule has 0 unspecified atom stereocenters. The second-order valence-corrected chi connectivity index (χ2v) is 7.69. The Morgan fingerprint density at radius 1 is 0.812 bits per heavy atom. The Morgan fingerprint density at radius 2 is 1.38 bits per heavy atom. The minimum atomic E-state index is -0.122. The summed E-state index contributed by atoms with van der Waals surface area (Å²) in [5.74, 6) is 2.36. The number of aryl methyl sites for hydroxylation is 1. The van der Waals surface area contributed by atoms with Crippen LogP contribution in [0.5, 0.6) is 23.0 Å². The zero-order valence-corrected chi connectivity index (χ0v) is 19.5. The molecule has 0 aliphatic carbocycles. The number of ether oxygens (including phenoxy) is 4. The van der Waals surface area contributed by atoms with Crippen molar-refractivity contribution in [1.29, 1.82) is 0 Å². The van der Waals surface area contributed by atoms with Crippen molar-refractivity contribution in [2.45, 2.75) is 6.92 Å². The van der Waals surface area contributed by atoms with E-state index in [2.05, 4.69) is 4.98 Å². The van der Waals surface area contributed by atoms with Gasteiger partial charge in [-0.2, -0.15) is 0 Å². The molecular formula is C25H25NO5S. The Kier molecular flexibility index (Phi) is 7.68. The van der Waals surface area contributed by atoms with Gasteiger partial charge in [0.1, 0.15) is 5.01 Å². The summed E-state index contributed by atoms with van der Waals surface area (Å²) < 4.78 is 21.5. The van der Waals surface area contributed by atoms with Gasteiger partial charge in [0.05, 0.1) is 39.0 Å². The number of carbonyl (C=O) groups is 1. The molecule has 0 aliphatic rings. The number of hydrogen-bond acceptors (Lipinski definition) is 7. The first-order valence-corrected chi connectivity index (χ1v) is 10.6. The molecule has 0 spiro atoms. The van der Waals surface area contributed by atoms with Gasteiger partial charge in [-0.05, 0) is 43.4 Å². The lowest BCUT2D eigenvalue weighted by Crippen LogP contribution is -1.95. The van der Waals surface area contributed by atoms with Gasteiger partial charge in [-0.1, -0.05) is 24.3 Å². The van der Waals surface area contributed by atoms with Gasteiger partial charge in [0.2, 0.25) is 0 Å². The van der Waals surface area contributed by atoms with Crippen molar-refractivity contribution in [3.8, 4) is 23.0 Å². The summed E-state index contributed by atoms with van der Waals surface area (Å²) >= 11 is 1.34. The standard InChI is InChI=1S/C25H25NO5S/c1-16-25(19(27)14-12-17-8-6-10-20(28-2)23(17)30-4)32-22(26-16)15-13-18-9-7-11-21(29-3)24(18)31-5/h6-15H,1-5H3/b14-12-,15-13+. The van der Waals surface area contributed by atoms with E-state index in [-0.39, 0.29) is 5.78 Å². The minimum Gasteiger partial charge on any atom is -0.493 e. The lowest BCUT2D eigenvalue weighted by atomic mass is 10.1. The smallest absolute Gasteiger partial charge is 0.197 e. The van der Waals surface area contributed by atoms with E-state index in [1.807, 2.05) is 49.4 Å². The Balaban J connectivity index is 1.83. The molecule has 32 heavy (non-hydrogen) atoms. The molecule has 0 saturated carbocycles. The van der Waals surface area contributed by atoms with Crippen LogP contribution in [0.1, 0.15) is 31.5 Å². The molecule has 0 fully saturated rings. The highest BCUT2D eigenvalue weighted by Crippen LogP contribution is 2.33. The molecule has 0 bridgehead atoms. The highest BCUT2D eigenvalue weighted by Gasteiger charge is 2.14. The summed E-state index contributed by atoms with van der Waals surface area (Å²) in [6.07, 6.45) is 7.00. The average molecular weight is 452 g/mol. The maximum atomic E-state index is 12.8. The normalized spacial score (nSPS) is 11.2. The fraction of sp³-hybridized carbons (Fsp3) is 0.200. The van der Waals surface area contributed by atoms with E-state index >= 15 is 0 Å². The van der Waals surface area contributed by atoms with Crippen LogP contribution in [0.3, 0.4) is 0 Å². The number of nitrogens with zero attached hydrogens (tertiary/aromatic N) is 1. The van der Waals surface area contributed by atoms with Gasteiger partial charge in [0, 0.05) is 11.1 Å². The fourth-order valence-corrected chi connectivity index (χ4v) is 4.10. The van der Waals surface area contributed by atoms with Crippen LogP contribution < -0.4 is 18.9 Å². The first-order valence-electron chi connectivity index (χ1n) is 9.82. The lowest BCUT2D eigenvalue weighted by molar-refractivity contribution is 0.105. The largest absolute Gasteiger partial charge is 0.493 e.